The van der Waals surface area contributed by atoms with Crippen LogP contribution in [0.4, 0.5) is 5.82 Å². The first kappa shape index (κ1) is 16.4. The first-order chi connectivity index (χ1) is 11.8. The van der Waals surface area contributed by atoms with E-state index in [9.17, 15) is 4.79 Å². The summed E-state index contributed by atoms with van der Waals surface area (Å²) in [6.07, 6.45) is 7.22. The number of nitrogens with one attached hydrogen (secondary N) is 1. The normalized spacial score (nSPS) is 14.9. The van der Waals surface area contributed by atoms with E-state index in [0.29, 0.717) is 12.2 Å². The molecule has 3 rings (SSSR count). The molecule has 1 saturated heterocycles. The van der Waals surface area contributed by atoms with Gasteiger partial charge >= 0.3 is 0 Å². The van der Waals surface area contributed by atoms with Crippen LogP contribution < -0.4 is 10.2 Å². The zero-order valence-corrected chi connectivity index (χ0v) is 13.9. The molecule has 0 atom stereocenters. The van der Waals surface area contributed by atoms with Crippen molar-refractivity contribution >= 4 is 11.7 Å². The molecular formula is C19H24N4O. The summed E-state index contributed by atoms with van der Waals surface area (Å²) >= 11 is 0. The first-order valence-corrected chi connectivity index (χ1v) is 8.72. The minimum Gasteiger partial charge on any atom is -0.357 e. The molecule has 0 unspecified atom stereocenters. The number of hydrogen-bond acceptors (Lipinski definition) is 4. The summed E-state index contributed by atoms with van der Waals surface area (Å²) in [4.78, 5) is 23.1. The number of anilines is 1. The van der Waals surface area contributed by atoms with E-state index < -0.39 is 0 Å². The standard InChI is InChI=1S/C19H24N4O/c24-19(20-11-10-16-8-4-3-5-9-16)17-14-18(22-15-21-17)23-12-6-1-2-7-13-23/h3-5,8-9,14-15H,1-2,6-7,10-13H2,(H,20,24). The van der Waals surface area contributed by atoms with Crippen molar-refractivity contribution < 1.29 is 4.79 Å². The molecule has 5 nitrogen and oxygen atoms in total. The molecule has 5 heteroatoms. The number of hydrogen-bond donors (Lipinski definition) is 1. The van der Waals surface area contributed by atoms with Crippen LogP contribution >= 0.6 is 0 Å². The van der Waals surface area contributed by atoms with Crippen molar-refractivity contribution in [3.05, 3.63) is 54.0 Å². The Hall–Kier alpha value is -2.43. The van der Waals surface area contributed by atoms with E-state index in [-0.39, 0.29) is 5.91 Å². The predicted octanol–water partition coefficient (Wildman–Crippen LogP) is 2.83. The average Bonchev–Trinajstić information content (AvgIpc) is 2.92. The maximum atomic E-state index is 12.3. The van der Waals surface area contributed by atoms with Gasteiger partial charge in [-0.15, -0.1) is 0 Å². The van der Waals surface area contributed by atoms with E-state index in [1.54, 1.807) is 0 Å². The largest absolute Gasteiger partial charge is 0.357 e. The molecule has 0 aliphatic carbocycles. The van der Waals surface area contributed by atoms with Gasteiger partial charge in [-0.2, -0.15) is 0 Å². The number of carbonyl (C=O) groups is 1. The van der Waals surface area contributed by atoms with Crippen LogP contribution in [0, 0.1) is 0 Å². The number of nitrogens with zero attached hydrogens (tertiary/aromatic N) is 3. The van der Waals surface area contributed by atoms with E-state index in [2.05, 4.69) is 32.3 Å². The molecule has 2 aromatic rings. The minimum absolute atomic E-state index is 0.135. The van der Waals surface area contributed by atoms with Gasteiger partial charge in [0.2, 0.25) is 0 Å². The van der Waals surface area contributed by atoms with Crippen LogP contribution in [0.25, 0.3) is 0 Å². The number of carbonyl (C=O) groups excluding carboxylic acids is 1. The molecule has 1 aromatic carbocycles. The van der Waals surface area contributed by atoms with Crippen molar-refractivity contribution in [2.45, 2.75) is 32.1 Å². The Morgan fingerprint density at radius 2 is 1.79 bits per heavy atom. The van der Waals surface area contributed by atoms with Crippen molar-refractivity contribution in [3.8, 4) is 0 Å². The summed E-state index contributed by atoms with van der Waals surface area (Å²) in [6, 6.07) is 11.9. The summed E-state index contributed by atoms with van der Waals surface area (Å²) in [6.45, 7) is 2.62. The number of amides is 1. The Balaban J connectivity index is 1.57. The van der Waals surface area contributed by atoms with Gasteiger partial charge in [0.25, 0.3) is 5.91 Å². The number of benzene rings is 1. The van der Waals surface area contributed by atoms with Crippen molar-refractivity contribution in [2.75, 3.05) is 24.5 Å². The predicted molar refractivity (Wildman–Crippen MR) is 95.2 cm³/mol. The van der Waals surface area contributed by atoms with Crippen LogP contribution in [0.1, 0.15) is 41.7 Å². The highest BCUT2D eigenvalue weighted by molar-refractivity contribution is 5.92. The molecule has 0 bridgehead atoms. The fraction of sp³-hybridized carbons (Fsp3) is 0.421. The van der Waals surface area contributed by atoms with Crippen molar-refractivity contribution in [2.24, 2.45) is 0 Å². The van der Waals surface area contributed by atoms with Crippen LogP contribution in [0.5, 0.6) is 0 Å². The van der Waals surface area contributed by atoms with E-state index in [0.717, 1.165) is 25.3 Å². The van der Waals surface area contributed by atoms with E-state index >= 15 is 0 Å². The molecule has 1 aromatic heterocycles. The molecule has 24 heavy (non-hydrogen) atoms. The SMILES string of the molecule is O=C(NCCc1ccccc1)c1cc(N2CCCCCC2)ncn1. The highest BCUT2D eigenvalue weighted by atomic mass is 16.1. The van der Waals surface area contributed by atoms with Crippen LogP contribution in [0.15, 0.2) is 42.7 Å². The van der Waals surface area contributed by atoms with Crippen LogP contribution in [0.3, 0.4) is 0 Å². The lowest BCUT2D eigenvalue weighted by Crippen LogP contribution is -2.28. The van der Waals surface area contributed by atoms with Crippen LogP contribution in [-0.4, -0.2) is 35.5 Å². The molecule has 0 spiro atoms. The second-order valence-corrected chi connectivity index (χ2v) is 6.15. The van der Waals surface area contributed by atoms with E-state index in [1.807, 2.05) is 24.3 Å². The van der Waals surface area contributed by atoms with E-state index in [4.69, 9.17) is 0 Å². The van der Waals surface area contributed by atoms with Gasteiger partial charge < -0.3 is 10.2 Å². The lowest BCUT2D eigenvalue weighted by Gasteiger charge is -2.21. The number of aromatic nitrogens is 2. The topological polar surface area (TPSA) is 58.1 Å². The summed E-state index contributed by atoms with van der Waals surface area (Å²) < 4.78 is 0. The quantitative estimate of drug-likeness (QED) is 0.919. The Morgan fingerprint density at radius 3 is 2.54 bits per heavy atom. The summed E-state index contributed by atoms with van der Waals surface area (Å²) in [7, 11) is 0. The van der Waals surface area contributed by atoms with E-state index in [1.165, 1.54) is 37.6 Å². The molecule has 2 heterocycles. The monoisotopic (exact) mass is 324 g/mol. The Morgan fingerprint density at radius 1 is 1.04 bits per heavy atom. The third-order valence-corrected chi connectivity index (χ3v) is 4.36. The highest BCUT2D eigenvalue weighted by Gasteiger charge is 2.14. The van der Waals surface area contributed by atoms with Crippen molar-refractivity contribution in [3.63, 3.8) is 0 Å². The third kappa shape index (κ3) is 4.54. The zero-order chi connectivity index (χ0) is 16.6. The highest BCUT2D eigenvalue weighted by Crippen LogP contribution is 2.17. The maximum absolute atomic E-state index is 12.3. The summed E-state index contributed by atoms with van der Waals surface area (Å²) in [5.41, 5.74) is 1.66. The Bertz CT molecular complexity index is 651. The molecule has 1 fully saturated rings. The fourth-order valence-corrected chi connectivity index (χ4v) is 3.00. The van der Waals surface area contributed by atoms with Crippen LogP contribution in [-0.2, 0) is 6.42 Å². The van der Waals surface area contributed by atoms with Crippen LogP contribution in [0.2, 0.25) is 0 Å². The molecule has 0 saturated carbocycles. The molecule has 1 aliphatic heterocycles. The van der Waals surface area contributed by atoms with Gasteiger partial charge in [0, 0.05) is 25.7 Å². The second kappa shape index (κ2) is 8.43. The minimum atomic E-state index is -0.135. The van der Waals surface area contributed by atoms with Gasteiger partial charge in [-0.1, -0.05) is 43.2 Å². The van der Waals surface area contributed by atoms with Crippen molar-refractivity contribution in [1.29, 1.82) is 0 Å². The second-order valence-electron chi connectivity index (χ2n) is 6.15. The number of rotatable bonds is 5. The Labute approximate surface area is 143 Å². The lowest BCUT2D eigenvalue weighted by atomic mass is 10.1. The van der Waals surface area contributed by atoms with Crippen molar-refractivity contribution in [1.82, 2.24) is 15.3 Å². The third-order valence-electron chi connectivity index (χ3n) is 4.36. The zero-order valence-electron chi connectivity index (χ0n) is 13.9. The first-order valence-electron chi connectivity index (χ1n) is 8.72. The molecule has 126 valence electrons. The van der Waals surface area contributed by atoms with Gasteiger partial charge in [-0.3, -0.25) is 4.79 Å². The average molecular weight is 324 g/mol. The van der Waals surface area contributed by atoms with Gasteiger partial charge in [0.15, 0.2) is 0 Å². The van der Waals surface area contributed by atoms with Gasteiger partial charge in [-0.25, -0.2) is 9.97 Å². The van der Waals surface area contributed by atoms with Gasteiger partial charge in [0.05, 0.1) is 0 Å². The molecule has 1 N–H and O–H groups in total. The van der Waals surface area contributed by atoms with Gasteiger partial charge in [-0.05, 0) is 24.8 Å². The molecular weight excluding hydrogens is 300 g/mol. The summed E-state index contributed by atoms with van der Waals surface area (Å²) in [5.74, 6) is 0.726. The lowest BCUT2D eigenvalue weighted by molar-refractivity contribution is 0.0949. The molecule has 1 aliphatic rings. The fourth-order valence-electron chi connectivity index (χ4n) is 3.00. The summed E-state index contributed by atoms with van der Waals surface area (Å²) in [5, 5.41) is 2.94. The molecule has 0 radical (unpaired) electrons. The van der Waals surface area contributed by atoms with Gasteiger partial charge in [0.1, 0.15) is 17.8 Å². The smallest absolute Gasteiger partial charge is 0.270 e. The maximum Gasteiger partial charge on any atom is 0.270 e. The molecule has 1 amide bonds. The Kier molecular flexibility index (Phi) is 5.77.